The Kier molecular flexibility index (Phi) is 3.46. The molecule has 1 saturated heterocycles. The molecule has 1 aliphatic rings. The molecule has 1 fully saturated rings. The molecule has 0 spiro atoms. The molecule has 106 valence electrons. The second-order valence-corrected chi connectivity index (χ2v) is 4.89. The van der Waals surface area contributed by atoms with E-state index in [0.29, 0.717) is 17.6 Å². The minimum absolute atomic E-state index is 0.288. The van der Waals surface area contributed by atoms with Crippen molar-refractivity contribution in [2.24, 2.45) is 7.05 Å². The SMILES string of the molecule is Cn1ccc(NC(=O)c2cn(C3CCNCC3)nn2)n1. The van der Waals surface area contributed by atoms with Crippen LogP contribution < -0.4 is 10.6 Å². The summed E-state index contributed by atoms with van der Waals surface area (Å²) in [5, 5.41) is 18.1. The fraction of sp³-hybridized carbons (Fsp3) is 0.500. The van der Waals surface area contributed by atoms with Crippen molar-refractivity contribution in [2.45, 2.75) is 18.9 Å². The van der Waals surface area contributed by atoms with Crippen LogP contribution in [0.3, 0.4) is 0 Å². The lowest BCUT2D eigenvalue weighted by Crippen LogP contribution is -2.29. The van der Waals surface area contributed by atoms with Crippen LogP contribution in [0.5, 0.6) is 0 Å². The smallest absolute Gasteiger partial charge is 0.279 e. The monoisotopic (exact) mass is 275 g/mol. The Hall–Kier alpha value is -2.22. The molecule has 2 aromatic heterocycles. The lowest BCUT2D eigenvalue weighted by Gasteiger charge is -2.21. The zero-order valence-electron chi connectivity index (χ0n) is 11.3. The molecule has 0 bridgehead atoms. The molecule has 0 saturated carbocycles. The number of piperidine rings is 1. The van der Waals surface area contributed by atoms with E-state index in [2.05, 4.69) is 26.0 Å². The van der Waals surface area contributed by atoms with E-state index in [-0.39, 0.29) is 5.91 Å². The number of hydrogen-bond donors (Lipinski definition) is 2. The summed E-state index contributed by atoms with van der Waals surface area (Å²) >= 11 is 0. The normalized spacial score (nSPS) is 16.2. The highest BCUT2D eigenvalue weighted by atomic mass is 16.2. The average Bonchev–Trinajstić information content (AvgIpc) is 3.09. The zero-order valence-corrected chi connectivity index (χ0v) is 11.3. The topological polar surface area (TPSA) is 89.7 Å². The largest absolute Gasteiger partial charge is 0.317 e. The van der Waals surface area contributed by atoms with Crippen LogP contribution in [0.4, 0.5) is 5.82 Å². The maximum absolute atomic E-state index is 12.0. The van der Waals surface area contributed by atoms with Gasteiger partial charge < -0.3 is 10.6 Å². The van der Waals surface area contributed by atoms with Gasteiger partial charge in [0.1, 0.15) is 0 Å². The Labute approximate surface area is 116 Å². The van der Waals surface area contributed by atoms with Gasteiger partial charge in [0.2, 0.25) is 0 Å². The summed E-state index contributed by atoms with van der Waals surface area (Å²) in [5.41, 5.74) is 0.314. The molecular weight excluding hydrogens is 258 g/mol. The number of aryl methyl sites for hydroxylation is 1. The quantitative estimate of drug-likeness (QED) is 0.834. The Balaban J connectivity index is 1.67. The van der Waals surface area contributed by atoms with Gasteiger partial charge in [-0.05, 0) is 25.9 Å². The van der Waals surface area contributed by atoms with Crippen LogP contribution in [0, 0.1) is 0 Å². The molecular formula is C12H17N7O. The first-order chi connectivity index (χ1) is 9.72. The van der Waals surface area contributed by atoms with Crippen LogP contribution >= 0.6 is 0 Å². The van der Waals surface area contributed by atoms with E-state index < -0.39 is 0 Å². The molecule has 0 radical (unpaired) electrons. The number of carbonyl (C=O) groups is 1. The predicted molar refractivity (Wildman–Crippen MR) is 72.3 cm³/mol. The van der Waals surface area contributed by atoms with E-state index in [4.69, 9.17) is 0 Å². The number of rotatable bonds is 3. The van der Waals surface area contributed by atoms with Gasteiger partial charge in [-0.15, -0.1) is 5.10 Å². The van der Waals surface area contributed by atoms with E-state index in [1.54, 1.807) is 34.9 Å². The number of nitrogens with zero attached hydrogens (tertiary/aromatic N) is 5. The molecule has 0 atom stereocenters. The van der Waals surface area contributed by atoms with Crippen molar-refractivity contribution in [3.63, 3.8) is 0 Å². The van der Waals surface area contributed by atoms with Crippen LogP contribution in [0.25, 0.3) is 0 Å². The van der Waals surface area contributed by atoms with Gasteiger partial charge >= 0.3 is 0 Å². The lowest BCUT2D eigenvalue weighted by molar-refractivity contribution is 0.102. The van der Waals surface area contributed by atoms with Crippen molar-refractivity contribution in [1.29, 1.82) is 0 Å². The van der Waals surface area contributed by atoms with Crippen LogP contribution in [-0.4, -0.2) is 43.8 Å². The Morgan fingerprint density at radius 2 is 2.25 bits per heavy atom. The number of carbonyl (C=O) groups excluding carboxylic acids is 1. The highest BCUT2D eigenvalue weighted by Gasteiger charge is 2.19. The predicted octanol–water partition coefficient (Wildman–Crippen LogP) is 0.188. The van der Waals surface area contributed by atoms with Gasteiger partial charge in [-0.3, -0.25) is 9.48 Å². The maximum Gasteiger partial charge on any atom is 0.279 e. The van der Waals surface area contributed by atoms with Crippen molar-refractivity contribution in [1.82, 2.24) is 30.1 Å². The standard InChI is InChI=1S/C12H17N7O/c1-18-7-4-11(16-18)14-12(20)10-8-19(17-15-10)9-2-5-13-6-3-9/h4,7-9,13H,2-3,5-6H2,1H3,(H,14,16,20). The van der Waals surface area contributed by atoms with Crippen LogP contribution in [0.1, 0.15) is 29.4 Å². The van der Waals surface area contributed by atoms with Gasteiger partial charge in [0, 0.05) is 19.3 Å². The summed E-state index contributed by atoms with van der Waals surface area (Å²) in [6, 6.07) is 2.05. The van der Waals surface area contributed by atoms with E-state index in [9.17, 15) is 4.79 Å². The molecule has 2 N–H and O–H groups in total. The summed E-state index contributed by atoms with van der Waals surface area (Å²) in [6.07, 6.45) is 5.48. The van der Waals surface area contributed by atoms with Crippen molar-refractivity contribution >= 4 is 11.7 Å². The van der Waals surface area contributed by atoms with Gasteiger partial charge in [-0.25, -0.2) is 4.68 Å². The second-order valence-electron chi connectivity index (χ2n) is 4.89. The van der Waals surface area contributed by atoms with Crippen molar-refractivity contribution in [3.8, 4) is 0 Å². The molecule has 0 aromatic carbocycles. The third-order valence-corrected chi connectivity index (χ3v) is 3.38. The Morgan fingerprint density at radius 1 is 1.45 bits per heavy atom. The number of anilines is 1. The fourth-order valence-electron chi connectivity index (χ4n) is 2.29. The number of nitrogens with one attached hydrogen (secondary N) is 2. The van der Waals surface area contributed by atoms with Gasteiger partial charge in [0.25, 0.3) is 5.91 Å². The Morgan fingerprint density at radius 3 is 2.95 bits per heavy atom. The van der Waals surface area contributed by atoms with Gasteiger partial charge in [0.05, 0.1) is 12.2 Å². The Bertz CT molecular complexity index is 596. The van der Waals surface area contributed by atoms with E-state index in [0.717, 1.165) is 25.9 Å². The molecule has 3 heterocycles. The van der Waals surface area contributed by atoms with Crippen molar-refractivity contribution < 1.29 is 4.79 Å². The maximum atomic E-state index is 12.0. The summed E-state index contributed by atoms with van der Waals surface area (Å²) < 4.78 is 3.41. The van der Waals surface area contributed by atoms with E-state index >= 15 is 0 Å². The summed E-state index contributed by atoms with van der Waals surface area (Å²) in [7, 11) is 1.79. The summed E-state index contributed by atoms with van der Waals surface area (Å²) in [5.74, 6) is 0.220. The molecule has 0 unspecified atom stereocenters. The molecule has 1 aliphatic heterocycles. The van der Waals surface area contributed by atoms with Gasteiger partial charge in [-0.1, -0.05) is 5.21 Å². The first kappa shape index (κ1) is 12.8. The van der Waals surface area contributed by atoms with Crippen LogP contribution in [-0.2, 0) is 7.05 Å². The van der Waals surface area contributed by atoms with E-state index in [1.165, 1.54) is 0 Å². The van der Waals surface area contributed by atoms with E-state index in [1.807, 2.05) is 0 Å². The molecule has 2 aromatic rings. The third kappa shape index (κ3) is 2.69. The molecule has 1 amide bonds. The number of hydrogen-bond acceptors (Lipinski definition) is 5. The summed E-state index contributed by atoms with van der Waals surface area (Å²) in [4.78, 5) is 12.0. The number of aromatic nitrogens is 5. The average molecular weight is 275 g/mol. The summed E-state index contributed by atoms with van der Waals surface area (Å²) in [6.45, 7) is 1.94. The van der Waals surface area contributed by atoms with Crippen molar-refractivity contribution in [3.05, 3.63) is 24.2 Å². The third-order valence-electron chi connectivity index (χ3n) is 3.38. The van der Waals surface area contributed by atoms with Crippen LogP contribution in [0.15, 0.2) is 18.5 Å². The molecule has 8 nitrogen and oxygen atoms in total. The van der Waals surface area contributed by atoms with Gasteiger partial charge in [-0.2, -0.15) is 5.10 Å². The lowest BCUT2D eigenvalue weighted by atomic mass is 10.1. The van der Waals surface area contributed by atoms with Crippen molar-refractivity contribution in [2.75, 3.05) is 18.4 Å². The first-order valence-electron chi connectivity index (χ1n) is 6.66. The highest BCUT2D eigenvalue weighted by Crippen LogP contribution is 2.17. The minimum atomic E-state index is -0.288. The first-order valence-corrected chi connectivity index (χ1v) is 6.66. The number of amides is 1. The van der Waals surface area contributed by atoms with Gasteiger partial charge in [0.15, 0.2) is 11.5 Å². The molecule has 20 heavy (non-hydrogen) atoms. The van der Waals surface area contributed by atoms with Crippen LogP contribution in [0.2, 0.25) is 0 Å². The molecule has 3 rings (SSSR count). The molecule has 0 aliphatic carbocycles. The fourth-order valence-corrected chi connectivity index (χ4v) is 2.29. The molecule has 8 heteroatoms. The highest BCUT2D eigenvalue weighted by molar-refractivity contribution is 6.01. The second kappa shape index (κ2) is 5.41. The zero-order chi connectivity index (χ0) is 13.9. The minimum Gasteiger partial charge on any atom is -0.317 e.